The molecule has 0 saturated heterocycles. The first-order valence-corrected chi connectivity index (χ1v) is 6.25. The maximum Gasteiger partial charge on any atom is 0.103 e. The molecule has 15 heavy (non-hydrogen) atoms. The second kappa shape index (κ2) is 7.10. The highest BCUT2D eigenvalue weighted by molar-refractivity contribution is 6.35. The number of unbranched alkanes of at least 4 members (excludes halogenated alkanes) is 2. The van der Waals surface area contributed by atoms with Gasteiger partial charge in [-0.05, 0) is 25.0 Å². The van der Waals surface area contributed by atoms with E-state index in [9.17, 15) is 0 Å². The number of quaternary nitrogens is 1. The van der Waals surface area contributed by atoms with Crippen molar-refractivity contribution < 1.29 is 5.32 Å². The van der Waals surface area contributed by atoms with E-state index >= 15 is 0 Å². The molecule has 0 heterocycles. The van der Waals surface area contributed by atoms with Crippen LogP contribution in [0.15, 0.2) is 18.2 Å². The van der Waals surface area contributed by atoms with Crippen LogP contribution in [0.2, 0.25) is 10.0 Å². The average molecular weight is 247 g/mol. The minimum atomic E-state index is 0.703. The van der Waals surface area contributed by atoms with E-state index in [2.05, 4.69) is 12.2 Å². The SMILES string of the molecule is CCCCC[NH2+]Cc1ccc(Cl)cc1Cl. The summed E-state index contributed by atoms with van der Waals surface area (Å²) in [5, 5.41) is 3.77. The second-order valence-electron chi connectivity index (χ2n) is 3.72. The lowest BCUT2D eigenvalue weighted by Gasteiger charge is -2.04. The fourth-order valence-corrected chi connectivity index (χ4v) is 1.97. The van der Waals surface area contributed by atoms with E-state index in [0.29, 0.717) is 5.02 Å². The molecule has 3 heteroatoms. The van der Waals surface area contributed by atoms with Crippen molar-refractivity contribution in [1.29, 1.82) is 0 Å². The largest absolute Gasteiger partial charge is 0.342 e. The summed E-state index contributed by atoms with van der Waals surface area (Å²) >= 11 is 11.9. The second-order valence-corrected chi connectivity index (χ2v) is 4.57. The molecule has 0 amide bonds. The lowest BCUT2D eigenvalue weighted by Crippen LogP contribution is -2.82. The lowest BCUT2D eigenvalue weighted by molar-refractivity contribution is -0.670. The number of rotatable bonds is 6. The van der Waals surface area contributed by atoms with Crippen LogP contribution < -0.4 is 5.32 Å². The fraction of sp³-hybridized carbons (Fsp3) is 0.500. The molecule has 2 N–H and O–H groups in total. The molecule has 1 aromatic rings. The van der Waals surface area contributed by atoms with Crippen LogP contribution in [0, 0.1) is 0 Å². The summed E-state index contributed by atoms with van der Waals surface area (Å²) in [5.74, 6) is 0. The maximum absolute atomic E-state index is 6.07. The molecule has 0 unspecified atom stereocenters. The highest BCUT2D eigenvalue weighted by Crippen LogP contribution is 2.19. The summed E-state index contributed by atoms with van der Waals surface area (Å²) in [6.07, 6.45) is 3.86. The van der Waals surface area contributed by atoms with Gasteiger partial charge in [-0.25, -0.2) is 0 Å². The van der Waals surface area contributed by atoms with Gasteiger partial charge in [-0.2, -0.15) is 0 Å². The molecule has 0 aromatic heterocycles. The van der Waals surface area contributed by atoms with E-state index in [0.717, 1.165) is 17.1 Å². The number of hydrogen-bond donors (Lipinski definition) is 1. The van der Waals surface area contributed by atoms with Crippen molar-refractivity contribution in [2.45, 2.75) is 32.7 Å². The standard InChI is InChI=1S/C12H17Cl2N/c1-2-3-4-7-15-9-10-5-6-11(13)8-12(10)14/h5-6,8,15H,2-4,7,9H2,1H3/p+1. The van der Waals surface area contributed by atoms with Gasteiger partial charge < -0.3 is 5.32 Å². The first-order chi connectivity index (χ1) is 7.24. The van der Waals surface area contributed by atoms with Crippen LogP contribution in [0.4, 0.5) is 0 Å². The van der Waals surface area contributed by atoms with Crippen molar-refractivity contribution in [2.75, 3.05) is 6.54 Å². The first kappa shape index (κ1) is 12.8. The molecular formula is C12H18Cl2N+. The Labute approximate surface area is 102 Å². The number of hydrogen-bond acceptors (Lipinski definition) is 0. The third kappa shape index (κ3) is 4.87. The first-order valence-electron chi connectivity index (χ1n) is 5.49. The van der Waals surface area contributed by atoms with Crippen LogP contribution in [0.25, 0.3) is 0 Å². The van der Waals surface area contributed by atoms with Gasteiger partial charge in [0.1, 0.15) is 6.54 Å². The summed E-state index contributed by atoms with van der Waals surface area (Å²) in [6.45, 7) is 4.34. The van der Waals surface area contributed by atoms with E-state index in [-0.39, 0.29) is 0 Å². The Morgan fingerprint density at radius 2 is 2.00 bits per heavy atom. The molecule has 0 aliphatic rings. The van der Waals surface area contributed by atoms with Crippen molar-refractivity contribution in [3.63, 3.8) is 0 Å². The zero-order valence-electron chi connectivity index (χ0n) is 9.10. The quantitative estimate of drug-likeness (QED) is 0.743. The van der Waals surface area contributed by atoms with Gasteiger partial charge in [0.25, 0.3) is 0 Å². The predicted octanol–water partition coefficient (Wildman–Crippen LogP) is 3.25. The topological polar surface area (TPSA) is 16.6 Å². The van der Waals surface area contributed by atoms with E-state index < -0.39 is 0 Å². The summed E-state index contributed by atoms with van der Waals surface area (Å²) in [4.78, 5) is 0. The molecule has 0 radical (unpaired) electrons. The third-order valence-corrected chi connectivity index (χ3v) is 2.98. The zero-order chi connectivity index (χ0) is 11.1. The fourth-order valence-electron chi connectivity index (χ4n) is 1.48. The lowest BCUT2D eigenvalue weighted by atomic mass is 10.2. The van der Waals surface area contributed by atoms with Gasteiger partial charge in [0.2, 0.25) is 0 Å². The molecule has 0 aliphatic carbocycles. The van der Waals surface area contributed by atoms with Crippen molar-refractivity contribution in [3.05, 3.63) is 33.8 Å². The molecular weight excluding hydrogens is 229 g/mol. The van der Waals surface area contributed by atoms with Crippen molar-refractivity contribution >= 4 is 23.2 Å². The number of halogens is 2. The molecule has 0 saturated carbocycles. The molecule has 0 fully saturated rings. The summed E-state index contributed by atoms with van der Waals surface area (Å²) in [6, 6.07) is 5.70. The van der Waals surface area contributed by atoms with Gasteiger partial charge in [-0.15, -0.1) is 0 Å². The van der Waals surface area contributed by atoms with E-state index in [1.165, 1.54) is 25.8 Å². The van der Waals surface area contributed by atoms with Gasteiger partial charge in [0, 0.05) is 10.6 Å². The number of nitrogens with two attached hydrogens (primary N) is 1. The average Bonchev–Trinajstić information content (AvgIpc) is 2.20. The zero-order valence-corrected chi connectivity index (χ0v) is 10.6. The molecule has 0 bridgehead atoms. The normalized spacial score (nSPS) is 10.6. The van der Waals surface area contributed by atoms with Gasteiger partial charge in [-0.3, -0.25) is 0 Å². The van der Waals surface area contributed by atoms with Crippen LogP contribution in [0.5, 0.6) is 0 Å². The summed E-state index contributed by atoms with van der Waals surface area (Å²) < 4.78 is 0. The van der Waals surface area contributed by atoms with E-state index in [1.54, 1.807) is 6.07 Å². The van der Waals surface area contributed by atoms with Crippen LogP contribution in [0.1, 0.15) is 31.7 Å². The Balaban J connectivity index is 2.31. The third-order valence-electron chi connectivity index (χ3n) is 2.39. The van der Waals surface area contributed by atoms with Crippen LogP contribution in [0.3, 0.4) is 0 Å². The monoisotopic (exact) mass is 246 g/mol. The summed E-state index contributed by atoms with van der Waals surface area (Å²) in [5.41, 5.74) is 1.16. The Hall–Kier alpha value is -0.240. The Kier molecular flexibility index (Phi) is 6.07. The van der Waals surface area contributed by atoms with E-state index in [4.69, 9.17) is 23.2 Å². The van der Waals surface area contributed by atoms with Crippen molar-refractivity contribution in [1.82, 2.24) is 0 Å². The van der Waals surface area contributed by atoms with Crippen molar-refractivity contribution in [2.24, 2.45) is 0 Å². The van der Waals surface area contributed by atoms with E-state index in [1.807, 2.05) is 12.1 Å². The molecule has 1 nitrogen and oxygen atoms in total. The van der Waals surface area contributed by atoms with Gasteiger partial charge >= 0.3 is 0 Å². The molecule has 0 aliphatic heterocycles. The van der Waals surface area contributed by atoms with Crippen LogP contribution >= 0.6 is 23.2 Å². The van der Waals surface area contributed by atoms with Gasteiger partial charge in [0.05, 0.1) is 11.6 Å². The Morgan fingerprint density at radius 1 is 1.20 bits per heavy atom. The smallest absolute Gasteiger partial charge is 0.103 e. The molecule has 84 valence electrons. The van der Waals surface area contributed by atoms with Crippen molar-refractivity contribution in [3.8, 4) is 0 Å². The predicted molar refractivity (Wildman–Crippen MR) is 66.5 cm³/mol. The Bertz CT molecular complexity index is 300. The van der Waals surface area contributed by atoms with Gasteiger partial charge in [-0.1, -0.05) is 42.6 Å². The maximum atomic E-state index is 6.07. The molecule has 0 spiro atoms. The minimum absolute atomic E-state index is 0.703. The minimum Gasteiger partial charge on any atom is -0.342 e. The van der Waals surface area contributed by atoms with Gasteiger partial charge in [0.15, 0.2) is 0 Å². The van der Waals surface area contributed by atoms with Crippen LogP contribution in [-0.4, -0.2) is 6.54 Å². The summed E-state index contributed by atoms with van der Waals surface area (Å²) in [7, 11) is 0. The van der Waals surface area contributed by atoms with Crippen LogP contribution in [-0.2, 0) is 6.54 Å². The highest BCUT2D eigenvalue weighted by Gasteiger charge is 2.02. The molecule has 1 aromatic carbocycles. The highest BCUT2D eigenvalue weighted by atomic mass is 35.5. The molecule has 1 rings (SSSR count). The molecule has 0 atom stereocenters. The Morgan fingerprint density at radius 3 is 2.67 bits per heavy atom. The number of benzene rings is 1.